The quantitative estimate of drug-likeness (QED) is 0.557. The van der Waals surface area contributed by atoms with Gasteiger partial charge >= 0.3 is 0 Å². The van der Waals surface area contributed by atoms with Gasteiger partial charge in [0.1, 0.15) is 0 Å². The lowest BCUT2D eigenvalue weighted by Gasteiger charge is -2.23. The molecule has 0 N–H and O–H groups in total. The second kappa shape index (κ2) is 6.41. The Bertz CT molecular complexity index is 161. The summed E-state index contributed by atoms with van der Waals surface area (Å²) in [6.07, 6.45) is 3.56. The van der Waals surface area contributed by atoms with Gasteiger partial charge in [0, 0.05) is 13.5 Å². The SMILES string of the molecule is COCC(C)(C)CCCCCC(C)(F)F. The Morgan fingerprint density at radius 1 is 0.933 bits per heavy atom. The Balaban J connectivity index is 3.46. The maximum Gasteiger partial charge on any atom is 0.245 e. The third kappa shape index (κ3) is 10.1. The molecule has 0 aromatic rings. The predicted molar refractivity (Wildman–Crippen MR) is 59.4 cm³/mol. The highest BCUT2D eigenvalue weighted by molar-refractivity contribution is 4.68. The Morgan fingerprint density at radius 2 is 1.47 bits per heavy atom. The predicted octanol–water partition coefficient (Wildman–Crippen LogP) is 4.26. The van der Waals surface area contributed by atoms with Crippen LogP contribution in [0, 0.1) is 5.41 Å². The van der Waals surface area contributed by atoms with Crippen LogP contribution in [0.3, 0.4) is 0 Å². The van der Waals surface area contributed by atoms with Gasteiger partial charge in [-0.25, -0.2) is 8.78 Å². The molecule has 0 rings (SSSR count). The molecule has 0 heterocycles. The lowest BCUT2D eigenvalue weighted by molar-refractivity contribution is 0.01000. The average molecular weight is 222 g/mol. The summed E-state index contributed by atoms with van der Waals surface area (Å²) in [5.41, 5.74) is 0.170. The summed E-state index contributed by atoms with van der Waals surface area (Å²) in [4.78, 5) is 0. The summed E-state index contributed by atoms with van der Waals surface area (Å²) in [6, 6.07) is 0. The molecule has 0 amide bonds. The molecule has 1 nitrogen and oxygen atoms in total. The Labute approximate surface area is 92.2 Å². The van der Waals surface area contributed by atoms with E-state index < -0.39 is 5.92 Å². The minimum atomic E-state index is -2.50. The van der Waals surface area contributed by atoms with Gasteiger partial charge in [-0.15, -0.1) is 0 Å². The smallest absolute Gasteiger partial charge is 0.245 e. The highest BCUT2D eigenvalue weighted by Crippen LogP contribution is 2.25. The number of hydrogen-bond acceptors (Lipinski definition) is 1. The minimum absolute atomic E-state index is 0.0116. The van der Waals surface area contributed by atoms with Gasteiger partial charge in [-0.2, -0.15) is 0 Å². The van der Waals surface area contributed by atoms with Crippen LogP contribution in [0.4, 0.5) is 8.78 Å². The molecule has 0 radical (unpaired) electrons. The lowest BCUT2D eigenvalue weighted by Crippen LogP contribution is -2.18. The highest BCUT2D eigenvalue weighted by Gasteiger charge is 2.20. The van der Waals surface area contributed by atoms with E-state index in [0.717, 1.165) is 32.8 Å². The fourth-order valence-corrected chi connectivity index (χ4v) is 1.68. The number of halogens is 2. The molecular formula is C12H24F2O. The second-order valence-electron chi connectivity index (χ2n) is 5.23. The van der Waals surface area contributed by atoms with Crippen LogP contribution in [-0.4, -0.2) is 19.6 Å². The summed E-state index contributed by atoms with van der Waals surface area (Å²) in [6.45, 7) is 6.01. The Hall–Kier alpha value is -0.180. The number of rotatable bonds is 8. The fraction of sp³-hybridized carbons (Fsp3) is 1.00. The van der Waals surface area contributed by atoms with Gasteiger partial charge in [0.05, 0.1) is 6.61 Å². The molecule has 0 atom stereocenters. The molecule has 0 fully saturated rings. The van der Waals surface area contributed by atoms with E-state index in [1.165, 1.54) is 0 Å². The zero-order chi connectivity index (χ0) is 11.9. The standard InChI is InChI=1S/C12H24F2O/c1-11(2,10-15-4)8-6-5-7-9-12(3,13)14/h5-10H2,1-4H3. The molecule has 0 saturated heterocycles. The van der Waals surface area contributed by atoms with Crippen molar-refractivity contribution in [2.24, 2.45) is 5.41 Å². The number of unbranched alkanes of at least 4 members (excludes halogenated alkanes) is 2. The molecule has 0 aromatic carbocycles. The fourth-order valence-electron chi connectivity index (χ4n) is 1.68. The lowest BCUT2D eigenvalue weighted by atomic mass is 9.88. The minimum Gasteiger partial charge on any atom is -0.384 e. The van der Waals surface area contributed by atoms with Crippen molar-refractivity contribution in [3.63, 3.8) is 0 Å². The summed E-state index contributed by atoms with van der Waals surface area (Å²) in [7, 11) is 1.69. The molecule has 0 bridgehead atoms. The average Bonchev–Trinajstić information content (AvgIpc) is 2.00. The summed E-state index contributed by atoms with van der Waals surface area (Å²) < 4.78 is 30.1. The van der Waals surface area contributed by atoms with Gasteiger partial charge < -0.3 is 4.74 Å². The van der Waals surface area contributed by atoms with E-state index in [-0.39, 0.29) is 11.8 Å². The largest absolute Gasteiger partial charge is 0.384 e. The van der Waals surface area contributed by atoms with Crippen LogP contribution in [-0.2, 0) is 4.74 Å². The van der Waals surface area contributed by atoms with Gasteiger partial charge in [-0.1, -0.05) is 26.7 Å². The molecule has 92 valence electrons. The Morgan fingerprint density at radius 3 is 1.93 bits per heavy atom. The first kappa shape index (κ1) is 14.8. The third-order valence-electron chi connectivity index (χ3n) is 2.50. The molecule has 15 heavy (non-hydrogen) atoms. The second-order valence-corrected chi connectivity index (χ2v) is 5.23. The Kier molecular flexibility index (Phi) is 6.34. The third-order valence-corrected chi connectivity index (χ3v) is 2.50. The van der Waals surface area contributed by atoms with E-state index in [0.29, 0.717) is 6.42 Å². The summed E-state index contributed by atoms with van der Waals surface area (Å²) >= 11 is 0. The zero-order valence-electron chi connectivity index (χ0n) is 10.4. The van der Waals surface area contributed by atoms with Crippen LogP contribution in [0.5, 0.6) is 0 Å². The number of ether oxygens (including phenoxy) is 1. The van der Waals surface area contributed by atoms with Crippen molar-refractivity contribution in [3.05, 3.63) is 0 Å². The first-order valence-corrected chi connectivity index (χ1v) is 5.64. The first-order valence-electron chi connectivity index (χ1n) is 5.64. The van der Waals surface area contributed by atoms with Crippen LogP contribution >= 0.6 is 0 Å². The van der Waals surface area contributed by atoms with Gasteiger partial charge in [0.25, 0.3) is 0 Å². The van der Waals surface area contributed by atoms with Gasteiger partial charge in [-0.05, 0) is 25.2 Å². The maximum atomic E-state index is 12.5. The highest BCUT2D eigenvalue weighted by atomic mass is 19.3. The van der Waals surface area contributed by atoms with Crippen molar-refractivity contribution in [1.29, 1.82) is 0 Å². The molecule has 0 aliphatic rings. The summed E-state index contributed by atoms with van der Waals surface area (Å²) in [5.74, 6) is -2.50. The van der Waals surface area contributed by atoms with Crippen molar-refractivity contribution in [1.82, 2.24) is 0 Å². The molecule has 3 heteroatoms. The number of hydrogen-bond donors (Lipinski definition) is 0. The van der Waals surface area contributed by atoms with Crippen LogP contribution in [0.25, 0.3) is 0 Å². The van der Waals surface area contributed by atoms with Crippen molar-refractivity contribution in [2.45, 2.75) is 58.8 Å². The van der Waals surface area contributed by atoms with E-state index in [2.05, 4.69) is 13.8 Å². The normalized spacial score (nSPS) is 13.2. The monoisotopic (exact) mass is 222 g/mol. The molecule has 0 saturated carbocycles. The van der Waals surface area contributed by atoms with Crippen LogP contribution < -0.4 is 0 Å². The zero-order valence-corrected chi connectivity index (χ0v) is 10.4. The van der Waals surface area contributed by atoms with Crippen molar-refractivity contribution in [3.8, 4) is 0 Å². The van der Waals surface area contributed by atoms with Gasteiger partial charge in [0.2, 0.25) is 5.92 Å². The van der Waals surface area contributed by atoms with E-state index in [9.17, 15) is 8.78 Å². The topological polar surface area (TPSA) is 9.23 Å². The number of methoxy groups -OCH3 is 1. The van der Waals surface area contributed by atoms with E-state index in [1.807, 2.05) is 0 Å². The number of alkyl halides is 2. The molecular weight excluding hydrogens is 198 g/mol. The van der Waals surface area contributed by atoms with E-state index in [1.54, 1.807) is 7.11 Å². The first-order chi connectivity index (χ1) is 6.77. The van der Waals surface area contributed by atoms with E-state index >= 15 is 0 Å². The van der Waals surface area contributed by atoms with Crippen LogP contribution in [0.1, 0.15) is 52.9 Å². The van der Waals surface area contributed by atoms with Crippen LogP contribution in [0.15, 0.2) is 0 Å². The van der Waals surface area contributed by atoms with Crippen LogP contribution in [0.2, 0.25) is 0 Å². The molecule has 0 spiro atoms. The van der Waals surface area contributed by atoms with Crippen molar-refractivity contribution in [2.75, 3.05) is 13.7 Å². The molecule has 0 unspecified atom stereocenters. The molecule has 0 aliphatic heterocycles. The van der Waals surface area contributed by atoms with E-state index in [4.69, 9.17) is 4.74 Å². The van der Waals surface area contributed by atoms with Crippen molar-refractivity contribution < 1.29 is 13.5 Å². The van der Waals surface area contributed by atoms with Gasteiger partial charge in [0.15, 0.2) is 0 Å². The summed E-state index contributed by atoms with van der Waals surface area (Å²) in [5, 5.41) is 0. The maximum absolute atomic E-state index is 12.5. The molecule has 0 aliphatic carbocycles. The van der Waals surface area contributed by atoms with Crippen molar-refractivity contribution >= 4 is 0 Å². The van der Waals surface area contributed by atoms with Gasteiger partial charge in [-0.3, -0.25) is 0 Å². The molecule has 0 aromatic heterocycles.